The molecule has 6 atom stereocenters. The Hall–Kier alpha value is -0.310. The van der Waals surface area contributed by atoms with Crippen LogP contribution in [0.2, 0.25) is 0 Å². The average molecular weight is 278 g/mol. The Kier molecular flexibility index (Phi) is 4.88. The van der Waals surface area contributed by atoms with Crippen LogP contribution in [-0.2, 0) is 29.2 Å². The minimum Gasteiger partial charge on any atom is -0.385 e. The smallest absolute Gasteiger partial charge is 0.305 e. The largest absolute Gasteiger partial charge is 0.385 e. The van der Waals surface area contributed by atoms with Crippen molar-refractivity contribution in [1.29, 1.82) is 0 Å². The zero-order valence-electron chi connectivity index (χ0n) is 10.2. The summed E-state index contributed by atoms with van der Waals surface area (Å²) in [6, 6.07) is 0. The standard InChI is InChI=1S/C11H18O6S/c1-3-4-5-6-14-11-8(12)10-9(7(2)15-11)16-18(13)17-10/h3,7-12H,1,4-6H2,2H3/t7-,8-,9+,10-,11+,18?/m1/s1. The van der Waals surface area contributed by atoms with Crippen molar-refractivity contribution in [1.82, 2.24) is 0 Å². The lowest BCUT2D eigenvalue weighted by Crippen LogP contribution is -2.56. The molecule has 2 heterocycles. The van der Waals surface area contributed by atoms with Gasteiger partial charge in [0.1, 0.15) is 18.3 Å². The highest BCUT2D eigenvalue weighted by atomic mass is 32.2. The molecule has 1 N–H and O–H groups in total. The molecular weight excluding hydrogens is 260 g/mol. The molecule has 2 aliphatic rings. The van der Waals surface area contributed by atoms with Crippen LogP contribution in [0.15, 0.2) is 12.7 Å². The second kappa shape index (κ2) is 6.23. The highest BCUT2D eigenvalue weighted by Gasteiger charge is 2.51. The number of hydrogen-bond acceptors (Lipinski definition) is 6. The zero-order chi connectivity index (χ0) is 13.1. The van der Waals surface area contributed by atoms with Crippen molar-refractivity contribution in [2.75, 3.05) is 6.61 Å². The van der Waals surface area contributed by atoms with E-state index in [9.17, 15) is 9.32 Å². The molecule has 0 aromatic carbocycles. The Bertz CT molecular complexity index is 323. The van der Waals surface area contributed by atoms with Gasteiger partial charge in [0.05, 0.1) is 12.7 Å². The van der Waals surface area contributed by atoms with Crippen LogP contribution < -0.4 is 0 Å². The average Bonchev–Trinajstić information content (AvgIpc) is 2.73. The van der Waals surface area contributed by atoms with Crippen LogP contribution in [0.1, 0.15) is 19.8 Å². The van der Waals surface area contributed by atoms with Gasteiger partial charge in [-0.3, -0.25) is 8.37 Å². The molecule has 1 unspecified atom stereocenters. The molecule has 0 spiro atoms. The summed E-state index contributed by atoms with van der Waals surface area (Å²) in [4.78, 5) is 0. The molecule has 18 heavy (non-hydrogen) atoms. The quantitative estimate of drug-likeness (QED) is 0.581. The summed E-state index contributed by atoms with van der Waals surface area (Å²) in [7, 11) is 0. The molecule has 0 aromatic heterocycles. The molecule has 104 valence electrons. The third kappa shape index (κ3) is 2.98. The van der Waals surface area contributed by atoms with Gasteiger partial charge in [0, 0.05) is 0 Å². The molecule has 0 bridgehead atoms. The number of allylic oxidation sites excluding steroid dienone is 1. The van der Waals surface area contributed by atoms with E-state index in [0.717, 1.165) is 12.8 Å². The van der Waals surface area contributed by atoms with Crippen LogP contribution in [0.25, 0.3) is 0 Å². The highest BCUT2D eigenvalue weighted by molar-refractivity contribution is 7.75. The van der Waals surface area contributed by atoms with Gasteiger partial charge in [0.2, 0.25) is 0 Å². The topological polar surface area (TPSA) is 74.2 Å². The van der Waals surface area contributed by atoms with E-state index in [1.54, 1.807) is 13.0 Å². The molecule has 0 aromatic rings. The fraction of sp³-hybridized carbons (Fsp3) is 0.818. The fourth-order valence-corrected chi connectivity index (χ4v) is 2.90. The molecule has 0 amide bonds. The predicted octanol–water partition coefficient (Wildman–Crippen LogP) is 0.438. The van der Waals surface area contributed by atoms with E-state index in [4.69, 9.17) is 17.8 Å². The number of fused-ring (bicyclic) bond motifs is 1. The monoisotopic (exact) mass is 278 g/mol. The van der Waals surface area contributed by atoms with Gasteiger partial charge in [0.25, 0.3) is 0 Å². The van der Waals surface area contributed by atoms with Crippen LogP contribution >= 0.6 is 0 Å². The third-order valence-electron chi connectivity index (χ3n) is 2.96. The van der Waals surface area contributed by atoms with E-state index in [1.165, 1.54) is 0 Å². The van der Waals surface area contributed by atoms with E-state index >= 15 is 0 Å². The number of unbranched alkanes of at least 4 members (excludes halogenated alkanes) is 1. The number of aliphatic hydroxyl groups excluding tert-OH is 1. The maximum absolute atomic E-state index is 11.2. The third-order valence-corrected chi connectivity index (χ3v) is 3.72. The van der Waals surface area contributed by atoms with Crippen LogP contribution in [-0.4, -0.2) is 46.6 Å². The number of aliphatic hydroxyl groups is 1. The number of hydrogen-bond donors (Lipinski definition) is 1. The predicted molar refractivity (Wildman–Crippen MR) is 63.6 cm³/mol. The number of rotatable bonds is 5. The Labute approximate surface area is 109 Å². The summed E-state index contributed by atoms with van der Waals surface area (Å²) in [5.74, 6) is 0. The van der Waals surface area contributed by atoms with Gasteiger partial charge < -0.3 is 14.6 Å². The summed E-state index contributed by atoms with van der Waals surface area (Å²) in [6.45, 7) is 5.85. The van der Waals surface area contributed by atoms with Crippen molar-refractivity contribution < 1.29 is 27.2 Å². The van der Waals surface area contributed by atoms with Crippen molar-refractivity contribution in [3.05, 3.63) is 12.7 Å². The summed E-state index contributed by atoms with van der Waals surface area (Å²) in [6.07, 6.45) is 0.154. The van der Waals surface area contributed by atoms with E-state index in [2.05, 4.69) is 6.58 Å². The lowest BCUT2D eigenvalue weighted by molar-refractivity contribution is -0.273. The maximum atomic E-state index is 11.2. The van der Waals surface area contributed by atoms with E-state index in [0.29, 0.717) is 6.61 Å². The zero-order valence-corrected chi connectivity index (χ0v) is 11.0. The van der Waals surface area contributed by atoms with Crippen molar-refractivity contribution in [2.24, 2.45) is 0 Å². The molecule has 0 radical (unpaired) electrons. The molecule has 0 saturated carbocycles. The molecule has 0 aliphatic carbocycles. The summed E-state index contributed by atoms with van der Waals surface area (Å²) < 4.78 is 32.2. The van der Waals surface area contributed by atoms with Crippen molar-refractivity contribution >= 4 is 11.4 Å². The van der Waals surface area contributed by atoms with Gasteiger partial charge in [0.15, 0.2) is 6.29 Å². The highest BCUT2D eigenvalue weighted by Crippen LogP contribution is 2.32. The lowest BCUT2D eigenvalue weighted by Gasteiger charge is -2.37. The van der Waals surface area contributed by atoms with Gasteiger partial charge >= 0.3 is 11.4 Å². The molecule has 2 rings (SSSR count). The lowest BCUT2D eigenvalue weighted by atomic mass is 10.0. The minimum atomic E-state index is -1.82. The van der Waals surface area contributed by atoms with Gasteiger partial charge in [-0.1, -0.05) is 6.08 Å². The molecule has 7 heteroatoms. The Morgan fingerprint density at radius 1 is 1.44 bits per heavy atom. The van der Waals surface area contributed by atoms with Crippen molar-refractivity contribution in [3.63, 3.8) is 0 Å². The molecule has 2 saturated heterocycles. The van der Waals surface area contributed by atoms with Crippen LogP contribution in [0.4, 0.5) is 0 Å². The van der Waals surface area contributed by atoms with Crippen LogP contribution in [0, 0.1) is 0 Å². The van der Waals surface area contributed by atoms with Crippen LogP contribution in [0.3, 0.4) is 0 Å². The van der Waals surface area contributed by atoms with Gasteiger partial charge in [-0.15, -0.1) is 6.58 Å². The SMILES string of the molecule is C=CCCCO[C@H]1O[C@H](C)[C@@H]2OS(=O)O[C@@H]2[C@H]1O. The minimum absolute atomic E-state index is 0.339. The fourth-order valence-electron chi connectivity index (χ4n) is 2.00. The first-order chi connectivity index (χ1) is 8.63. The first-order valence-corrected chi connectivity index (χ1v) is 6.95. The normalized spacial score (nSPS) is 43.7. The Balaban J connectivity index is 1.89. The molecule has 6 nitrogen and oxygen atoms in total. The van der Waals surface area contributed by atoms with Crippen molar-refractivity contribution in [3.8, 4) is 0 Å². The summed E-state index contributed by atoms with van der Waals surface area (Å²) in [5.41, 5.74) is 0. The van der Waals surface area contributed by atoms with E-state index in [1.807, 2.05) is 0 Å². The Morgan fingerprint density at radius 3 is 2.89 bits per heavy atom. The first kappa shape index (κ1) is 14.1. The summed E-state index contributed by atoms with van der Waals surface area (Å²) >= 11 is -1.82. The van der Waals surface area contributed by atoms with Gasteiger partial charge in [-0.05, 0) is 19.8 Å². The first-order valence-electron chi connectivity index (χ1n) is 5.95. The van der Waals surface area contributed by atoms with E-state index < -0.39 is 36.0 Å². The summed E-state index contributed by atoms with van der Waals surface area (Å²) in [5, 5.41) is 10.0. The Morgan fingerprint density at radius 2 is 2.17 bits per heavy atom. The van der Waals surface area contributed by atoms with E-state index in [-0.39, 0.29) is 6.10 Å². The van der Waals surface area contributed by atoms with Crippen LogP contribution in [0.5, 0.6) is 0 Å². The second-order valence-corrected chi connectivity index (χ2v) is 5.12. The number of ether oxygens (including phenoxy) is 2. The second-order valence-electron chi connectivity index (χ2n) is 4.33. The van der Waals surface area contributed by atoms with Gasteiger partial charge in [-0.2, -0.15) is 4.21 Å². The maximum Gasteiger partial charge on any atom is 0.305 e. The van der Waals surface area contributed by atoms with Crippen molar-refractivity contribution in [2.45, 2.75) is 50.5 Å². The molecular formula is C11H18O6S. The molecule has 2 aliphatic heterocycles. The molecule has 2 fully saturated rings. The van der Waals surface area contributed by atoms with Gasteiger partial charge in [-0.25, -0.2) is 0 Å².